The average molecular weight is 330 g/mol. The van der Waals surface area contributed by atoms with Gasteiger partial charge in [0, 0.05) is 12.2 Å². The van der Waals surface area contributed by atoms with E-state index in [9.17, 15) is 10.2 Å². The molecule has 0 fully saturated rings. The molecule has 0 aliphatic carbocycles. The van der Waals surface area contributed by atoms with Gasteiger partial charge >= 0.3 is 0 Å². The van der Waals surface area contributed by atoms with Gasteiger partial charge in [-0.25, -0.2) is 0 Å². The third kappa shape index (κ3) is 3.05. The van der Waals surface area contributed by atoms with Crippen LogP contribution < -0.4 is 9.47 Å². The van der Waals surface area contributed by atoms with E-state index in [0.717, 1.165) is 23.1 Å². The fraction of sp³-hybridized carbons (Fsp3) is 0.368. The average Bonchev–Trinajstić information content (AvgIpc) is 2.98. The first-order valence-corrected chi connectivity index (χ1v) is 8.06. The Bertz CT molecular complexity index is 696. The van der Waals surface area contributed by atoms with Crippen LogP contribution in [0.15, 0.2) is 36.4 Å². The molecule has 1 aliphatic heterocycles. The smallest absolute Gasteiger partial charge is 0.165 e. The van der Waals surface area contributed by atoms with Gasteiger partial charge in [0.2, 0.25) is 0 Å². The van der Waals surface area contributed by atoms with E-state index in [4.69, 9.17) is 14.6 Å². The summed E-state index contributed by atoms with van der Waals surface area (Å²) in [7, 11) is 1.59. The summed E-state index contributed by atoms with van der Waals surface area (Å²) in [6.45, 7) is 0.0839. The van der Waals surface area contributed by atoms with Crippen molar-refractivity contribution in [2.75, 3.05) is 20.3 Å². The molecule has 0 amide bonds. The van der Waals surface area contributed by atoms with E-state index in [1.807, 2.05) is 12.1 Å². The second-order valence-corrected chi connectivity index (χ2v) is 5.96. The van der Waals surface area contributed by atoms with Gasteiger partial charge in [0.15, 0.2) is 11.5 Å². The highest BCUT2D eigenvalue weighted by atomic mass is 16.5. The first kappa shape index (κ1) is 16.6. The molecule has 24 heavy (non-hydrogen) atoms. The van der Waals surface area contributed by atoms with Gasteiger partial charge in [-0.1, -0.05) is 18.2 Å². The number of hydrogen-bond donors (Lipinski definition) is 3. The van der Waals surface area contributed by atoms with E-state index in [0.29, 0.717) is 17.9 Å². The maximum atomic E-state index is 9.92. The molecular formula is C19H22O5. The van der Waals surface area contributed by atoms with Crippen molar-refractivity contribution in [3.05, 3.63) is 53.1 Å². The molecule has 5 heteroatoms. The minimum atomic E-state index is -0.326. The van der Waals surface area contributed by atoms with Gasteiger partial charge in [-0.2, -0.15) is 0 Å². The number of methoxy groups -OCH3 is 1. The number of ether oxygens (including phenoxy) is 2. The van der Waals surface area contributed by atoms with Crippen molar-refractivity contribution in [1.82, 2.24) is 0 Å². The van der Waals surface area contributed by atoms with Crippen LogP contribution in [0.2, 0.25) is 0 Å². The molecule has 0 unspecified atom stereocenters. The molecule has 0 saturated heterocycles. The standard InChI is InChI=1S/C19H22O5/c1-23-17-10-12(3-2-8-20)9-15-16(11-21)18(24-19(15)17)13-4-6-14(22)7-5-13/h4-7,9-10,16,18,20-22H,2-3,8,11H2,1H3/t16-,18+/m1/s1. The van der Waals surface area contributed by atoms with Gasteiger partial charge in [-0.15, -0.1) is 0 Å². The Morgan fingerprint density at radius 3 is 2.50 bits per heavy atom. The zero-order chi connectivity index (χ0) is 17.1. The molecule has 0 saturated carbocycles. The summed E-state index contributed by atoms with van der Waals surface area (Å²) in [5.74, 6) is 1.29. The van der Waals surface area contributed by atoms with Crippen LogP contribution in [0.5, 0.6) is 17.2 Å². The van der Waals surface area contributed by atoms with E-state index < -0.39 is 0 Å². The van der Waals surface area contributed by atoms with E-state index in [-0.39, 0.29) is 31.0 Å². The lowest BCUT2D eigenvalue weighted by Crippen LogP contribution is -2.13. The number of phenolic OH excluding ortho intramolecular Hbond substituents is 1. The fourth-order valence-electron chi connectivity index (χ4n) is 3.19. The SMILES string of the molecule is COc1cc(CCCO)cc2c1O[C@@H](c1ccc(O)cc1)[C@@H]2CO. The van der Waals surface area contributed by atoms with Crippen LogP contribution in [-0.2, 0) is 6.42 Å². The minimum absolute atomic E-state index is 0.0504. The number of aliphatic hydroxyl groups excluding tert-OH is 2. The molecule has 2 aromatic rings. The summed E-state index contributed by atoms with van der Waals surface area (Å²) in [6, 6.07) is 10.8. The summed E-state index contributed by atoms with van der Waals surface area (Å²) in [5, 5.41) is 28.4. The molecule has 3 N–H and O–H groups in total. The largest absolute Gasteiger partial charge is 0.508 e. The van der Waals surface area contributed by atoms with Gasteiger partial charge in [0.25, 0.3) is 0 Å². The first-order chi connectivity index (χ1) is 11.7. The highest BCUT2D eigenvalue weighted by Gasteiger charge is 2.37. The Hall–Kier alpha value is -2.24. The number of aliphatic hydroxyl groups is 2. The maximum Gasteiger partial charge on any atom is 0.165 e. The van der Waals surface area contributed by atoms with Crippen LogP contribution in [-0.4, -0.2) is 35.6 Å². The Kier molecular flexibility index (Phi) is 4.92. The van der Waals surface area contributed by atoms with Crippen LogP contribution >= 0.6 is 0 Å². The van der Waals surface area contributed by atoms with Crippen molar-refractivity contribution >= 4 is 0 Å². The lowest BCUT2D eigenvalue weighted by Gasteiger charge is -2.17. The van der Waals surface area contributed by atoms with E-state index in [1.165, 1.54) is 0 Å². The maximum absolute atomic E-state index is 9.92. The summed E-state index contributed by atoms with van der Waals surface area (Å²) in [4.78, 5) is 0. The molecule has 2 aromatic carbocycles. The van der Waals surface area contributed by atoms with Crippen LogP contribution in [0.1, 0.15) is 35.1 Å². The van der Waals surface area contributed by atoms with Crippen molar-refractivity contribution in [2.45, 2.75) is 24.9 Å². The molecule has 5 nitrogen and oxygen atoms in total. The van der Waals surface area contributed by atoms with Crippen LogP contribution in [0.4, 0.5) is 0 Å². The van der Waals surface area contributed by atoms with Crippen molar-refractivity contribution < 1.29 is 24.8 Å². The van der Waals surface area contributed by atoms with Gasteiger partial charge < -0.3 is 24.8 Å². The molecule has 128 valence electrons. The Morgan fingerprint density at radius 2 is 1.88 bits per heavy atom. The summed E-state index contributed by atoms with van der Waals surface area (Å²) < 4.78 is 11.6. The van der Waals surface area contributed by atoms with Gasteiger partial charge in [-0.3, -0.25) is 0 Å². The summed E-state index contributed by atoms with van der Waals surface area (Å²) in [6.07, 6.45) is 1.09. The highest BCUT2D eigenvalue weighted by Crippen LogP contribution is 2.50. The Labute approximate surface area is 141 Å². The van der Waals surface area contributed by atoms with Gasteiger partial charge in [-0.05, 0) is 42.2 Å². The third-order valence-electron chi connectivity index (χ3n) is 4.41. The monoisotopic (exact) mass is 330 g/mol. The lowest BCUT2D eigenvalue weighted by atomic mass is 9.90. The molecule has 1 heterocycles. The van der Waals surface area contributed by atoms with E-state index in [1.54, 1.807) is 31.4 Å². The number of phenols is 1. The van der Waals surface area contributed by atoms with E-state index >= 15 is 0 Å². The zero-order valence-electron chi connectivity index (χ0n) is 13.6. The number of aromatic hydroxyl groups is 1. The lowest BCUT2D eigenvalue weighted by molar-refractivity contribution is 0.157. The number of hydrogen-bond acceptors (Lipinski definition) is 5. The minimum Gasteiger partial charge on any atom is -0.508 e. The molecule has 2 atom stereocenters. The second kappa shape index (κ2) is 7.11. The van der Waals surface area contributed by atoms with Crippen molar-refractivity contribution in [3.63, 3.8) is 0 Å². The quantitative estimate of drug-likeness (QED) is 0.758. The summed E-state index contributed by atoms with van der Waals surface area (Å²) >= 11 is 0. The molecular weight excluding hydrogens is 308 g/mol. The van der Waals surface area contributed by atoms with Crippen LogP contribution in [0.25, 0.3) is 0 Å². The number of benzene rings is 2. The van der Waals surface area contributed by atoms with Gasteiger partial charge in [0.05, 0.1) is 19.6 Å². The zero-order valence-corrected chi connectivity index (χ0v) is 13.6. The second-order valence-electron chi connectivity index (χ2n) is 5.96. The Morgan fingerprint density at radius 1 is 1.12 bits per heavy atom. The van der Waals surface area contributed by atoms with E-state index in [2.05, 4.69) is 0 Å². The third-order valence-corrected chi connectivity index (χ3v) is 4.41. The highest BCUT2D eigenvalue weighted by molar-refractivity contribution is 5.55. The molecule has 0 bridgehead atoms. The van der Waals surface area contributed by atoms with Crippen LogP contribution in [0, 0.1) is 0 Å². The summed E-state index contributed by atoms with van der Waals surface area (Å²) in [5.41, 5.74) is 2.86. The predicted molar refractivity (Wildman–Crippen MR) is 89.7 cm³/mol. The Balaban J connectivity index is 1.98. The fourth-order valence-corrected chi connectivity index (χ4v) is 3.19. The number of rotatable bonds is 6. The predicted octanol–water partition coefficient (Wildman–Crippen LogP) is 2.54. The van der Waals surface area contributed by atoms with Crippen molar-refractivity contribution in [1.29, 1.82) is 0 Å². The number of fused-ring (bicyclic) bond motifs is 1. The normalized spacial score (nSPS) is 19.0. The molecule has 3 rings (SSSR count). The molecule has 1 aliphatic rings. The topological polar surface area (TPSA) is 79.2 Å². The molecule has 0 radical (unpaired) electrons. The molecule has 0 spiro atoms. The molecule has 0 aromatic heterocycles. The van der Waals surface area contributed by atoms with Crippen molar-refractivity contribution in [2.24, 2.45) is 0 Å². The van der Waals surface area contributed by atoms with Crippen molar-refractivity contribution in [3.8, 4) is 17.2 Å². The van der Waals surface area contributed by atoms with Gasteiger partial charge in [0.1, 0.15) is 11.9 Å². The number of aryl methyl sites for hydroxylation is 1. The van der Waals surface area contributed by atoms with Crippen LogP contribution in [0.3, 0.4) is 0 Å². The first-order valence-electron chi connectivity index (χ1n) is 8.06.